The van der Waals surface area contributed by atoms with Gasteiger partial charge >= 0.3 is 5.97 Å². The molecule has 0 amide bonds. The fraction of sp³-hybridized carbons (Fsp3) is 0.833. The third-order valence-corrected chi connectivity index (χ3v) is 3.03. The van der Waals surface area contributed by atoms with E-state index in [0.29, 0.717) is 18.5 Å². The molecule has 0 aromatic carbocycles. The number of hydrogen-bond donors (Lipinski definition) is 2. The molecule has 0 aromatic heterocycles. The fourth-order valence-electron chi connectivity index (χ4n) is 2.05. The molecule has 3 N–H and O–H groups in total. The molecule has 5 nitrogen and oxygen atoms in total. The number of methoxy groups -OCH3 is 1. The summed E-state index contributed by atoms with van der Waals surface area (Å²) in [5, 5.41) is 3.23. The minimum absolute atomic E-state index is 0. The molecule has 0 unspecified atom stereocenters. The average molecular weight is 369 g/mol. The number of aliphatic imine (C=N–C) groups is 1. The van der Waals surface area contributed by atoms with Gasteiger partial charge < -0.3 is 15.8 Å². The SMILES string of the molecule is COC(=O)CCN=C(N)NC1CCCCCC1.I. The molecule has 0 heterocycles. The number of nitrogens with one attached hydrogen (secondary N) is 1. The Morgan fingerprint density at radius 2 is 1.94 bits per heavy atom. The third-order valence-electron chi connectivity index (χ3n) is 3.03. The Labute approximate surface area is 126 Å². The highest BCUT2D eigenvalue weighted by molar-refractivity contribution is 14.0. The molecule has 1 fully saturated rings. The van der Waals surface area contributed by atoms with Crippen LogP contribution in [0.5, 0.6) is 0 Å². The topological polar surface area (TPSA) is 76.7 Å². The second-order valence-corrected chi connectivity index (χ2v) is 4.43. The number of halogens is 1. The van der Waals surface area contributed by atoms with Crippen molar-refractivity contribution in [2.24, 2.45) is 10.7 Å². The Kier molecular flexibility index (Phi) is 10.1. The Bertz CT molecular complexity index is 264. The second-order valence-electron chi connectivity index (χ2n) is 4.43. The summed E-state index contributed by atoms with van der Waals surface area (Å²) in [5.41, 5.74) is 5.77. The molecule has 0 aromatic rings. The maximum absolute atomic E-state index is 10.9. The van der Waals surface area contributed by atoms with Crippen LogP contribution in [-0.2, 0) is 9.53 Å². The molecule has 106 valence electrons. The zero-order valence-electron chi connectivity index (χ0n) is 11.0. The number of guanidine groups is 1. The monoisotopic (exact) mass is 369 g/mol. The van der Waals surface area contributed by atoms with Crippen LogP contribution >= 0.6 is 24.0 Å². The number of nitrogens with zero attached hydrogens (tertiary/aromatic N) is 1. The van der Waals surface area contributed by atoms with Crippen molar-refractivity contribution in [1.82, 2.24) is 5.32 Å². The van der Waals surface area contributed by atoms with Crippen molar-refractivity contribution in [1.29, 1.82) is 0 Å². The molecule has 1 saturated carbocycles. The summed E-state index contributed by atoms with van der Waals surface area (Å²) >= 11 is 0. The van der Waals surface area contributed by atoms with Gasteiger partial charge in [-0.3, -0.25) is 9.79 Å². The van der Waals surface area contributed by atoms with Crippen molar-refractivity contribution in [3.05, 3.63) is 0 Å². The van der Waals surface area contributed by atoms with E-state index in [4.69, 9.17) is 5.73 Å². The number of esters is 1. The molecule has 18 heavy (non-hydrogen) atoms. The first-order valence-corrected chi connectivity index (χ1v) is 6.35. The van der Waals surface area contributed by atoms with Crippen molar-refractivity contribution in [2.75, 3.05) is 13.7 Å². The van der Waals surface area contributed by atoms with Gasteiger partial charge in [0, 0.05) is 6.04 Å². The van der Waals surface area contributed by atoms with Gasteiger partial charge in [-0.15, -0.1) is 24.0 Å². The zero-order chi connectivity index (χ0) is 12.5. The molecule has 0 spiro atoms. The molecule has 1 aliphatic carbocycles. The van der Waals surface area contributed by atoms with Gasteiger partial charge in [-0.05, 0) is 12.8 Å². The van der Waals surface area contributed by atoms with E-state index in [2.05, 4.69) is 15.0 Å². The first kappa shape index (κ1) is 17.5. The molecule has 1 aliphatic rings. The van der Waals surface area contributed by atoms with Crippen LogP contribution in [0.25, 0.3) is 0 Å². The lowest BCUT2D eigenvalue weighted by atomic mass is 10.1. The number of nitrogens with two attached hydrogens (primary N) is 1. The van der Waals surface area contributed by atoms with Crippen molar-refractivity contribution >= 4 is 35.9 Å². The normalized spacial score (nSPS) is 17.5. The summed E-state index contributed by atoms with van der Waals surface area (Å²) in [5.74, 6) is 0.191. The Balaban J connectivity index is 0.00000289. The van der Waals surface area contributed by atoms with Gasteiger partial charge in [0.2, 0.25) is 0 Å². The molecule has 0 radical (unpaired) electrons. The van der Waals surface area contributed by atoms with Gasteiger partial charge in [0.1, 0.15) is 0 Å². The lowest BCUT2D eigenvalue weighted by molar-refractivity contribution is -0.140. The first-order chi connectivity index (χ1) is 8.22. The summed E-state index contributed by atoms with van der Waals surface area (Å²) in [7, 11) is 1.37. The molecule has 0 atom stereocenters. The average Bonchev–Trinajstić information content (AvgIpc) is 2.57. The summed E-state index contributed by atoms with van der Waals surface area (Å²) in [6.45, 7) is 0.387. The van der Waals surface area contributed by atoms with Crippen LogP contribution in [0.1, 0.15) is 44.9 Å². The van der Waals surface area contributed by atoms with Crippen LogP contribution in [-0.4, -0.2) is 31.6 Å². The number of rotatable bonds is 4. The van der Waals surface area contributed by atoms with Gasteiger partial charge in [-0.25, -0.2) is 0 Å². The Morgan fingerprint density at radius 3 is 2.50 bits per heavy atom. The lowest BCUT2D eigenvalue weighted by Crippen LogP contribution is -2.40. The quantitative estimate of drug-likeness (QED) is 0.261. The summed E-state index contributed by atoms with van der Waals surface area (Å²) in [6.07, 6.45) is 7.75. The smallest absolute Gasteiger partial charge is 0.307 e. The molecule has 0 aliphatic heterocycles. The largest absolute Gasteiger partial charge is 0.469 e. The lowest BCUT2D eigenvalue weighted by Gasteiger charge is -2.16. The highest BCUT2D eigenvalue weighted by Gasteiger charge is 2.12. The fourth-order valence-corrected chi connectivity index (χ4v) is 2.05. The van der Waals surface area contributed by atoms with E-state index >= 15 is 0 Å². The Morgan fingerprint density at radius 1 is 1.33 bits per heavy atom. The van der Waals surface area contributed by atoms with E-state index in [1.807, 2.05) is 0 Å². The maximum Gasteiger partial charge on any atom is 0.307 e. The van der Waals surface area contributed by atoms with Gasteiger partial charge in [0.25, 0.3) is 0 Å². The van der Waals surface area contributed by atoms with Crippen LogP contribution in [0, 0.1) is 0 Å². The number of carbonyl (C=O) groups is 1. The summed E-state index contributed by atoms with van der Waals surface area (Å²) < 4.78 is 4.53. The van der Waals surface area contributed by atoms with Crippen LogP contribution in [0.3, 0.4) is 0 Å². The highest BCUT2D eigenvalue weighted by atomic mass is 127. The molecule has 1 rings (SSSR count). The van der Waals surface area contributed by atoms with E-state index in [1.54, 1.807) is 0 Å². The predicted molar refractivity (Wildman–Crippen MR) is 83.2 cm³/mol. The van der Waals surface area contributed by atoms with Crippen molar-refractivity contribution in [3.63, 3.8) is 0 Å². The van der Waals surface area contributed by atoms with E-state index in [-0.39, 0.29) is 36.4 Å². The standard InChI is InChI=1S/C12H23N3O2.HI/c1-17-11(16)8-9-14-12(13)15-10-6-4-2-3-5-7-10;/h10H,2-9H2,1H3,(H3,13,14,15);1H. The van der Waals surface area contributed by atoms with Crippen LogP contribution < -0.4 is 11.1 Å². The zero-order valence-corrected chi connectivity index (χ0v) is 13.3. The van der Waals surface area contributed by atoms with E-state index < -0.39 is 0 Å². The number of carbonyl (C=O) groups excluding carboxylic acids is 1. The summed E-state index contributed by atoms with van der Waals surface area (Å²) in [6, 6.07) is 0.444. The number of ether oxygens (including phenoxy) is 1. The van der Waals surface area contributed by atoms with Crippen molar-refractivity contribution in [2.45, 2.75) is 51.0 Å². The van der Waals surface area contributed by atoms with E-state index in [1.165, 1.54) is 32.8 Å². The van der Waals surface area contributed by atoms with Crippen LogP contribution in [0.2, 0.25) is 0 Å². The maximum atomic E-state index is 10.9. The van der Waals surface area contributed by atoms with Crippen LogP contribution in [0.4, 0.5) is 0 Å². The van der Waals surface area contributed by atoms with E-state index in [9.17, 15) is 4.79 Å². The highest BCUT2D eigenvalue weighted by Crippen LogP contribution is 2.16. The van der Waals surface area contributed by atoms with Crippen molar-refractivity contribution < 1.29 is 9.53 Å². The Hall–Kier alpha value is -0.530. The number of hydrogen-bond acceptors (Lipinski definition) is 3. The minimum Gasteiger partial charge on any atom is -0.469 e. The summed E-state index contributed by atoms with van der Waals surface area (Å²) in [4.78, 5) is 15.0. The van der Waals surface area contributed by atoms with Gasteiger partial charge in [0.15, 0.2) is 5.96 Å². The van der Waals surface area contributed by atoms with Crippen LogP contribution in [0.15, 0.2) is 4.99 Å². The molecule has 0 bridgehead atoms. The predicted octanol–water partition coefficient (Wildman–Crippen LogP) is 1.79. The minimum atomic E-state index is -0.254. The molecular formula is C12H24IN3O2. The van der Waals surface area contributed by atoms with Crippen molar-refractivity contribution in [3.8, 4) is 0 Å². The first-order valence-electron chi connectivity index (χ1n) is 6.35. The molecule has 0 saturated heterocycles. The van der Waals surface area contributed by atoms with Gasteiger partial charge in [-0.2, -0.15) is 0 Å². The third kappa shape index (κ3) is 7.73. The van der Waals surface area contributed by atoms with Gasteiger partial charge in [0.05, 0.1) is 20.1 Å². The second kappa shape index (κ2) is 10.4. The molecule has 6 heteroatoms. The molecular weight excluding hydrogens is 345 g/mol. The van der Waals surface area contributed by atoms with E-state index in [0.717, 1.165) is 12.8 Å². The van der Waals surface area contributed by atoms with Gasteiger partial charge in [-0.1, -0.05) is 25.7 Å².